The van der Waals surface area contributed by atoms with Gasteiger partial charge >= 0.3 is 0 Å². The van der Waals surface area contributed by atoms with Crippen molar-refractivity contribution in [2.45, 2.75) is 13.2 Å². The molecule has 4 aromatic rings. The van der Waals surface area contributed by atoms with Crippen molar-refractivity contribution < 1.29 is 9.53 Å². The summed E-state index contributed by atoms with van der Waals surface area (Å²) in [5.41, 5.74) is 2.19. The fraction of sp³-hybridized carbons (Fsp3) is 0.0833. The first-order chi connectivity index (χ1) is 16.3. The van der Waals surface area contributed by atoms with Crippen molar-refractivity contribution in [3.8, 4) is 5.75 Å². The smallest absolute Gasteiger partial charge is 0.256 e. The highest BCUT2D eigenvalue weighted by atomic mass is 79.9. The van der Waals surface area contributed by atoms with Crippen LogP contribution >= 0.6 is 62.3 Å². The number of rotatable bonds is 7. The van der Waals surface area contributed by atoms with E-state index in [-0.39, 0.29) is 12.5 Å². The standard InChI is InChI=1S/C24H16BrCl4N3O2/c25-17-12-32(11-14-7-8-18(26)20(28)10-14)31-23(17)30-24(33)16-4-1-3-15(9-16)13-34-21-6-2-5-19(27)22(21)29/h1-10,12H,11,13H2,(H,30,31,33). The molecule has 0 fully saturated rings. The SMILES string of the molecule is O=C(Nc1nn(Cc2ccc(Cl)c(Cl)c2)cc1Br)c1cccc(COc2cccc(Cl)c2Cl)c1. The number of ether oxygens (including phenoxy) is 1. The van der Waals surface area contributed by atoms with Gasteiger partial charge in [-0.25, -0.2) is 0 Å². The Bertz CT molecular complexity index is 1360. The second-order valence-electron chi connectivity index (χ2n) is 7.27. The molecule has 1 aromatic heterocycles. The largest absolute Gasteiger partial charge is 0.487 e. The highest BCUT2D eigenvalue weighted by Gasteiger charge is 2.14. The summed E-state index contributed by atoms with van der Waals surface area (Å²) in [7, 11) is 0. The number of carbonyl (C=O) groups is 1. The molecule has 3 aromatic carbocycles. The van der Waals surface area contributed by atoms with E-state index in [4.69, 9.17) is 51.1 Å². The van der Waals surface area contributed by atoms with Crippen LogP contribution in [0.4, 0.5) is 5.82 Å². The molecule has 0 bridgehead atoms. The minimum Gasteiger partial charge on any atom is -0.487 e. The number of aromatic nitrogens is 2. The minimum absolute atomic E-state index is 0.225. The number of nitrogens with one attached hydrogen (secondary N) is 1. The van der Waals surface area contributed by atoms with E-state index in [9.17, 15) is 4.79 Å². The molecule has 0 atom stereocenters. The van der Waals surface area contributed by atoms with Crippen molar-refractivity contribution in [1.29, 1.82) is 0 Å². The number of amides is 1. The maximum Gasteiger partial charge on any atom is 0.256 e. The van der Waals surface area contributed by atoms with Gasteiger partial charge in [-0.3, -0.25) is 9.48 Å². The second-order valence-corrected chi connectivity index (χ2v) is 9.72. The molecule has 1 heterocycles. The van der Waals surface area contributed by atoms with Crippen LogP contribution in [-0.4, -0.2) is 15.7 Å². The second kappa shape index (κ2) is 11.0. The molecule has 0 radical (unpaired) electrons. The predicted octanol–water partition coefficient (Wildman–Crippen LogP) is 8.14. The number of anilines is 1. The van der Waals surface area contributed by atoms with Crippen LogP contribution in [0.2, 0.25) is 20.1 Å². The van der Waals surface area contributed by atoms with Gasteiger partial charge in [-0.15, -0.1) is 0 Å². The fourth-order valence-electron chi connectivity index (χ4n) is 3.13. The summed E-state index contributed by atoms with van der Waals surface area (Å²) in [6.45, 7) is 0.688. The Balaban J connectivity index is 1.42. The maximum atomic E-state index is 12.8. The van der Waals surface area contributed by atoms with Gasteiger partial charge < -0.3 is 10.1 Å². The first-order valence-corrected chi connectivity index (χ1v) is 12.2. The van der Waals surface area contributed by atoms with Crippen LogP contribution in [0.5, 0.6) is 5.75 Å². The van der Waals surface area contributed by atoms with Gasteiger partial charge in [-0.1, -0.05) is 70.7 Å². The van der Waals surface area contributed by atoms with Gasteiger partial charge in [0.1, 0.15) is 17.4 Å². The van der Waals surface area contributed by atoms with Gasteiger partial charge in [0.25, 0.3) is 5.91 Å². The molecule has 0 aliphatic carbocycles. The quantitative estimate of drug-likeness (QED) is 0.233. The lowest BCUT2D eigenvalue weighted by molar-refractivity contribution is 0.102. The van der Waals surface area contributed by atoms with Gasteiger partial charge in [0.2, 0.25) is 0 Å². The summed E-state index contributed by atoms with van der Waals surface area (Å²) in [5.74, 6) is 0.570. The third-order valence-electron chi connectivity index (χ3n) is 4.78. The number of hydrogen-bond acceptors (Lipinski definition) is 3. The average molecular weight is 600 g/mol. The van der Waals surface area contributed by atoms with Gasteiger partial charge in [0.15, 0.2) is 5.82 Å². The Morgan fingerprint density at radius 1 is 0.941 bits per heavy atom. The third-order valence-corrected chi connectivity index (χ3v) is 6.90. The Morgan fingerprint density at radius 2 is 1.74 bits per heavy atom. The van der Waals surface area contributed by atoms with Gasteiger partial charge in [0, 0.05) is 11.8 Å². The molecule has 0 unspecified atom stereocenters. The van der Waals surface area contributed by atoms with Crippen molar-refractivity contribution in [1.82, 2.24) is 9.78 Å². The third kappa shape index (κ3) is 6.06. The summed E-state index contributed by atoms with van der Waals surface area (Å²) >= 11 is 27.7. The van der Waals surface area contributed by atoms with Crippen molar-refractivity contribution in [3.05, 3.63) is 108 Å². The van der Waals surface area contributed by atoms with E-state index in [1.54, 1.807) is 59.4 Å². The van der Waals surface area contributed by atoms with Crippen molar-refractivity contribution in [3.63, 3.8) is 0 Å². The van der Waals surface area contributed by atoms with Crippen LogP contribution in [0.1, 0.15) is 21.5 Å². The summed E-state index contributed by atoms with van der Waals surface area (Å²) in [6.07, 6.45) is 1.77. The molecule has 0 saturated carbocycles. The van der Waals surface area contributed by atoms with Crippen LogP contribution in [0, 0.1) is 0 Å². The first kappa shape index (κ1) is 24.9. The Morgan fingerprint density at radius 3 is 2.53 bits per heavy atom. The van der Waals surface area contributed by atoms with Crippen LogP contribution in [0.25, 0.3) is 0 Å². The maximum absolute atomic E-state index is 12.8. The molecule has 5 nitrogen and oxygen atoms in total. The van der Waals surface area contributed by atoms with Crippen LogP contribution < -0.4 is 10.1 Å². The van der Waals surface area contributed by atoms with Gasteiger partial charge in [-0.05, 0) is 63.5 Å². The van der Waals surface area contributed by atoms with E-state index >= 15 is 0 Å². The Labute approximate surface area is 224 Å². The minimum atomic E-state index is -0.303. The molecule has 1 N–H and O–H groups in total. The summed E-state index contributed by atoms with van der Waals surface area (Å²) in [4.78, 5) is 12.8. The fourth-order valence-corrected chi connectivity index (χ4v) is 4.21. The van der Waals surface area contributed by atoms with E-state index in [0.29, 0.717) is 48.2 Å². The van der Waals surface area contributed by atoms with E-state index < -0.39 is 0 Å². The summed E-state index contributed by atoms with van der Waals surface area (Å²) < 4.78 is 8.10. The average Bonchev–Trinajstić information content (AvgIpc) is 3.15. The zero-order chi connectivity index (χ0) is 24.2. The monoisotopic (exact) mass is 597 g/mol. The number of halogens is 5. The van der Waals surface area contributed by atoms with E-state index in [0.717, 1.165) is 11.1 Å². The van der Waals surface area contributed by atoms with E-state index in [1.165, 1.54) is 0 Å². The zero-order valence-electron chi connectivity index (χ0n) is 17.4. The molecule has 174 valence electrons. The highest BCUT2D eigenvalue weighted by molar-refractivity contribution is 9.10. The lowest BCUT2D eigenvalue weighted by Crippen LogP contribution is -2.13. The molecule has 1 amide bonds. The van der Waals surface area contributed by atoms with Crippen molar-refractivity contribution in [2.75, 3.05) is 5.32 Å². The Kier molecular flexibility index (Phi) is 8.06. The summed E-state index contributed by atoms with van der Waals surface area (Å²) in [6, 6.07) is 17.7. The molecule has 0 saturated heterocycles. The molecule has 10 heteroatoms. The summed E-state index contributed by atoms with van der Waals surface area (Å²) in [5, 5.41) is 9.00. The topological polar surface area (TPSA) is 56.2 Å². The van der Waals surface area contributed by atoms with Crippen molar-refractivity contribution >= 4 is 74.1 Å². The zero-order valence-corrected chi connectivity index (χ0v) is 22.0. The highest BCUT2D eigenvalue weighted by Crippen LogP contribution is 2.32. The lowest BCUT2D eigenvalue weighted by Gasteiger charge is -2.10. The van der Waals surface area contributed by atoms with Crippen LogP contribution in [0.3, 0.4) is 0 Å². The number of nitrogens with zero attached hydrogens (tertiary/aromatic N) is 2. The molecule has 34 heavy (non-hydrogen) atoms. The van der Waals surface area contributed by atoms with E-state index in [2.05, 4.69) is 26.3 Å². The molecular weight excluding hydrogens is 584 g/mol. The van der Waals surface area contributed by atoms with Gasteiger partial charge in [0.05, 0.1) is 26.1 Å². The van der Waals surface area contributed by atoms with Crippen LogP contribution in [0.15, 0.2) is 71.3 Å². The van der Waals surface area contributed by atoms with Crippen LogP contribution in [-0.2, 0) is 13.2 Å². The molecule has 4 rings (SSSR count). The molecule has 0 aliphatic rings. The predicted molar refractivity (Wildman–Crippen MR) is 141 cm³/mol. The Hall–Kier alpha value is -2.22. The molecule has 0 aliphatic heterocycles. The van der Waals surface area contributed by atoms with E-state index in [1.807, 2.05) is 12.1 Å². The normalized spacial score (nSPS) is 10.9. The number of hydrogen-bond donors (Lipinski definition) is 1. The molecular formula is C24H16BrCl4N3O2. The first-order valence-electron chi connectivity index (χ1n) is 9.94. The van der Waals surface area contributed by atoms with Gasteiger partial charge in [-0.2, -0.15) is 5.10 Å². The number of carbonyl (C=O) groups excluding carboxylic acids is 1. The number of benzene rings is 3. The van der Waals surface area contributed by atoms with Crippen molar-refractivity contribution in [2.24, 2.45) is 0 Å². The molecule has 0 spiro atoms. The lowest BCUT2D eigenvalue weighted by atomic mass is 10.1.